The maximum atomic E-state index is 10.7. The summed E-state index contributed by atoms with van der Waals surface area (Å²) in [5, 5.41) is 16.5. The van der Waals surface area contributed by atoms with Crippen molar-refractivity contribution in [2.75, 3.05) is 0 Å². The molecule has 0 aromatic carbocycles. The van der Waals surface area contributed by atoms with Crippen LogP contribution < -0.4 is 5.73 Å². The SMILES string of the molecule is N[C@H](C(=O)O)c1cnn2ncccc12. The molecule has 3 N–H and O–H groups in total. The van der Waals surface area contributed by atoms with E-state index >= 15 is 0 Å². The molecule has 72 valence electrons. The van der Waals surface area contributed by atoms with Gasteiger partial charge in [0.2, 0.25) is 0 Å². The molecule has 0 unspecified atom stereocenters. The van der Waals surface area contributed by atoms with E-state index in [1.54, 1.807) is 18.3 Å². The van der Waals surface area contributed by atoms with E-state index in [-0.39, 0.29) is 0 Å². The first-order valence-electron chi connectivity index (χ1n) is 3.97. The summed E-state index contributed by atoms with van der Waals surface area (Å²) in [6.45, 7) is 0. The highest BCUT2D eigenvalue weighted by molar-refractivity contribution is 5.78. The van der Waals surface area contributed by atoms with E-state index in [4.69, 9.17) is 10.8 Å². The number of rotatable bonds is 2. The van der Waals surface area contributed by atoms with Crippen molar-refractivity contribution < 1.29 is 9.90 Å². The minimum Gasteiger partial charge on any atom is -0.480 e. The number of nitrogens with two attached hydrogens (primary N) is 1. The fourth-order valence-electron chi connectivity index (χ4n) is 1.22. The van der Waals surface area contributed by atoms with Gasteiger partial charge in [-0.2, -0.15) is 14.8 Å². The number of hydrogen-bond donors (Lipinski definition) is 2. The quantitative estimate of drug-likeness (QED) is 0.688. The zero-order valence-electron chi connectivity index (χ0n) is 7.16. The van der Waals surface area contributed by atoms with Gasteiger partial charge in [0.15, 0.2) is 0 Å². The van der Waals surface area contributed by atoms with Gasteiger partial charge in [-0.05, 0) is 12.1 Å². The third-order valence-electron chi connectivity index (χ3n) is 1.93. The molecule has 0 bridgehead atoms. The predicted octanol–water partition coefficient (Wildman–Crippen LogP) is -0.186. The standard InChI is InChI=1S/C8H8N4O2/c9-7(8(13)14)5-4-11-12-6(5)2-1-3-10-12/h1-4,7H,9H2,(H,13,14)/t7-/m0/s1. The highest BCUT2D eigenvalue weighted by Crippen LogP contribution is 2.15. The predicted molar refractivity (Wildman–Crippen MR) is 47.6 cm³/mol. The number of hydrogen-bond acceptors (Lipinski definition) is 4. The minimum atomic E-state index is -1.08. The van der Waals surface area contributed by atoms with Crippen LogP contribution in [0.4, 0.5) is 0 Å². The second-order valence-corrected chi connectivity index (χ2v) is 2.81. The average molecular weight is 192 g/mol. The highest BCUT2D eigenvalue weighted by Gasteiger charge is 2.18. The lowest BCUT2D eigenvalue weighted by Gasteiger charge is -2.02. The molecule has 0 aliphatic carbocycles. The molecule has 0 radical (unpaired) electrons. The molecule has 6 heteroatoms. The maximum absolute atomic E-state index is 10.7. The van der Waals surface area contributed by atoms with E-state index in [0.717, 1.165) is 0 Å². The molecule has 0 aliphatic rings. The Morgan fingerprint density at radius 3 is 3.07 bits per heavy atom. The highest BCUT2D eigenvalue weighted by atomic mass is 16.4. The van der Waals surface area contributed by atoms with E-state index in [1.807, 2.05) is 0 Å². The van der Waals surface area contributed by atoms with Crippen molar-refractivity contribution in [2.45, 2.75) is 6.04 Å². The van der Waals surface area contributed by atoms with Gasteiger partial charge in [0.1, 0.15) is 6.04 Å². The molecule has 0 saturated heterocycles. The van der Waals surface area contributed by atoms with Crippen molar-refractivity contribution >= 4 is 11.5 Å². The van der Waals surface area contributed by atoms with E-state index in [0.29, 0.717) is 11.1 Å². The second kappa shape index (κ2) is 3.08. The molecule has 0 amide bonds. The van der Waals surface area contributed by atoms with Gasteiger partial charge in [0.05, 0.1) is 11.7 Å². The number of carboxylic acid groups (broad SMARTS) is 1. The summed E-state index contributed by atoms with van der Waals surface area (Å²) in [6.07, 6.45) is 2.98. The molecule has 2 rings (SSSR count). The van der Waals surface area contributed by atoms with Gasteiger partial charge >= 0.3 is 5.97 Å². The van der Waals surface area contributed by atoms with Crippen LogP contribution in [0.3, 0.4) is 0 Å². The Labute approximate surface area is 79.0 Å². The van der Waals surface area contributed by atoms with Gasteiger partial charge in [-0.1, -0.05) is 0 Å². The molecule has 2 aromatic heterocycles. The Bertz CT molecular complexity index is 479. The van der Waals surface area contributed by atoms with Crippen LogP contribution in [0.2, 0.25) is 0 Å². The largest absolute Gasteiger partial charge is 0.480 e. The first-order chi connectivity index (χ1) is 6.70. The molecule has 0 spiro atoms. The Morgan fingerprint density at radius 2 is 2.36 bits per heavy atom. The fraction of sp³-hybridized carbons (Fsp3) is 0.125. The van der Waals surface area contributed by atoms with Gasteiger partial charge in [-0.3, -0.25) is 4.79 Å². The Kier molecular flexibility index (Phi) is 1.90. The van der Waals surface area contributed by atoms with Crippen LogP contribution in [0.25, 0.3) is 5.52 Å². The number of carbonyl (C=O) groups is 1. The van der Waals surface area contributed by atoms with Crippen LogP contribution in [0, 0.1) is 0 Å². The molecule has 0 aliphatic heterocycles. The van der Waals surface area contributed by atoms with Gasteiger partial charge in [-0.25, -0.2) is 0 Å². The molecule has 0 fully saturated rings. The number of aliphatic carboxylic acids is 1. The molecule has 2 heterocycles. The summed E-state index contributed by atoms with van der Waals surface area (Å²) in [4.78, 5) is 10.7. The van der Waals surface area contributed by atoms with Crippen LogP contribution in [0.15, 0.2) is 24.5 Å². The lowest BCUT2D eigenvalue weighted by atomic mass is 10.1. The number of fused-ring (bicyclic) bond motifs is 1. The average Bonchev–Trinajstić information content (AvgIpc) is 2.60. The van der Waals surface area contributed by atoms with Crippen LogP contribution in [0.5, 0.6) is 0 Å². The second-order valence-electron chi connectivity index (χ2n) is 2.81. The Morgan fingerprint density at radius 1 is 1.57 bits per heavy atom. The smallest absolute Gasteiger partial charge is 0.325 e. The fourth-order valence-corrected chi connectivity index (χ4v) is 1.22. The lowest BCUT2D eigenvalue weighted by Crippen LogP contribution is -2.20. The summed E-state index contributed by atoms with van der Waals surface area (Å²) >= 11 is 0. The molecule has 6 nitrogen and oxygen atoms in total. The molecule has 14 heavy (non-hydrogen) atoms. The maximum Gasteiger partial charge on any atom is 0.325 e. The Hall–Kier alpha value is -1.95. The summed E-state index contributed by atoms with van der Waals surface area (Å²) < 4.78 is 1.35. The molecule has 0 saturated carbocycles. The third-order valence-corrected chi connectivity index (χ3v) is 1.93. The van der Waals surface area contributed by atoms with Gasteiger partial charge in [0, 0.05) is 11.8 Å². The van der Waals surface area contributed by atoms with Crippen molar-refractivity contribution in [2.24, 2.45) is 5.73 Å². The first kappa shape index (κ1) is 8.64. The van der Waals surface area contributed by atoms with Crippen molar-refractivity contribution in [3.8, 4) is 0 Å². The van der Waals surface area contributed by atoms with Crippen LogP contribution in [0.1, 0.15) is 11.6 Å². The van der Waals surface area contributed by atoms with E-state index in [9.17, 15) is 4.79 Å². The molecular weight excluding hydrogens is 184 g/mol. The Balaban J connectivity index is 2.58. The van der Waals surface area contributed by atoms with E-state index < -0.39 is 12.0 Å². The van der Waals surface area contributed by atoms with Crippen molar-refractivity contribution in [1.82, 2.24) is 14.8 Å². The van der Waals surface area contributed by atoms with Gasteiger partial charge in [0.25, 0.3) is 0 Å². The topological polar surface area (TPSA) is 93.5 Å². The summed E-state index contributed by atoms with van der Waals surface area (Å²) in [5.41, 5.74) is 6.54. The zero-order valence-corrected chi connectivity index (χ0v) is 7.16. The first-order valence-corrected chi connectivity index (χ1v) is 3.97. The molecular formula is C8H8N4O2. The third kappa shape index (κ3) is 1.21. The van der Waals surface area contributed by atoms with E-state index in [2.05, 4.69) is 10.2 Å². The monoisotopic (exact) mass is 192 g/mol. The van der Waals surface area contributed by atoms with Crippen molar-refractivity contribution in [3.63, 3.8) is 0 Å². The summed E-state index contributed by atoms with van der Waals surface area (Å²) in [6, 6.07) is 2.37. The van der Waals surface area contributed by atoms with Crippen molar-refractivity contribution in [3.05, 3.63) is 30.1 Å². The van der Waals surface area contributed by atoms with Crippen LogP contribution in [-0.2, 0) is 4.79 Å². The zero-order chi connectivity index (χ0) is 10.1. The number of nitrogens with zero attached hydrogens (tertiary/aromatic N) is 3. The number of carboxylic acids is 1. The molecule has 1 atom stereocenters. The van der Waals surface area contributed by atoms with Crippen LogP contribution in [-0.4, -0.2) is 25.9 Å². The number of aromatic nitrogens is 3. The van der Waals surface area contributed by atoms with Gasteiger partial charge in [-0.15, -0.1) is 0 Å². The minimum absolute atomic E-state index is 0.464. The van der Waals surface area contributed by atoms with Gasteiger partial charge < -0.3 is 10.8 Å². The van der Waals surface area contributed by atoms with Crippen LogP contribution >= 0.6 is 0 Å². The van der Waals surface area contributed by atoms with Crippen molar-refractivity contribution in [1.29, 1.82) is 0 Å². The van der Waals surface area contributed by atoms with E-state index in [1.165, 1.54) is 10.8 Å². The summed E-state index contributed by atoms with van der Waals surface area (Å²) in [7, 11) is 0. The normalized spacial score (nSPS) is 12.9. The molecule has 2 aromatic rings. The summed E-state index contributed by atoms with van der Waals surface area (Å²) in [5.74, 6) is -1.08. The lowest BCUT2D eigenvalue weighted by molar-refractivity contribution is -0.138.